The molecule has 0 fully saturated rings. The van der Waals surface area contributed by atoms with Gasteiger partial charge in [0, 0.05) is 25.1 Å². The number of rotatable bonds is 2. The molecule has 1 aliphatic heterocycles. The van der Waals surface area contributed by atoms with Crippen LogP contribution in [0.5, 0.6) is 0 Å². The number of nitrogens with zero attached hydrogens (tertiary/aromatic N) is 3. The average Bonchev–Trinajstić information content (AvgIpc) is 2.72. The van der Waals surface area contributed by atoms with Crippen molar-refractivity contribution >= 4 is 11.6 Å². The van der Waals surface area contributed by atoms with Crippen LogP contribution in [0.4, 0.5) is 11.6 Å². The smallest absolute Gasteiger partial charge is 0.137 e. The summed E-state index contributed by atoms with van der Waals surface area (Å²) in [5, 5.41) is 0. The minimum absolute atomic E-state index is 0.610. The van der Waals surface area contributed by atoms with E-state index in [2.05, 4.69) is 41.1 Å². The molecule has 0 bridgehead atoms. The number of benzene rings is 1. The zero-order valence-electron chi connectivity index (χ0n) is 12.8. The van der Waals surface area contributed by atoms with Gasteiger partial charge in [-0.2, -0.15) is 0 Å². The third kappa shape index (κ3) is 2.71. The second-order valence-corrected chi connectivity index (χ2v) is 5.58. The molecule has 4 nitrogen and oxygen atoms in total. The van der Waals surface area contributed by atoms with Crippen LogP contribution < -0.4 is 10.6 Å². The third-order valence-corrected chi connectivity index (χ3v) is 4.24. The standard InChI is InChI=1S/C17H22N4/c1-3-15-19-16(18)12(2)17(20-15)21-10-8-13-6-4-5-7-14(13)9-11-21/h4-7H,3,8-11H2,1-2H3,(H2,18,19,20). The Bertz CT molecular complexity index is 624. The molecule has 4 heteroatoms. The summed E-state index contributed by atoms with van der Waals surface area (Å²) < 4.78 is 0. The van der Waals surface area contributed by atoms with Crippen molar-refractivity contribution in [1.82, 2.24) is 9.97 Å². The van der Waals surface area contributed by atoms with Gasteiger partial charge in [0.2, 0.25) is 0 Å². The van der Waals surface area contributed by atoms with Crippen molar-refractivity contribution < 1.29 is 0 Å². The number of hydrogen-bond acceptors (Lipinski definition) is 4. The van der Waals surface area contributed by atoms with E-state index in [9.17, 15) is 0 Å². The molecule has 0 aliphatic carbocycles. The van der Waals surface area contributed by atoms with E-state index in [-0.39, 0.29) is 0 Å². The molecule has 2 aromatic rings. The first-order valence-corrected chi connectivity index (χ1v) is 7.63. The lowest BCUT2D eigenvalue weighted by Crippen LogP contribution is -2.28. The van der Waals surface area contributed by atoms with Crippen LogP contribution in [0.1, 0.15) is 29.4 Å². The lowest BCUT2D eigenvalue weighted by atomic mass is 10.0. The van der Waals surface area contributed by atoms with Crippen LogP contribution in [0, 0.1) is 6.92 Å². The Morgan fingerprint density at radius 1 is 1.10 bits per heavy atom. The largest absolute Gasteiger partial charge is 0.383 e. The van der Waals surface area contributed by atoms with Gasteiger partial charge in [0.05, 0.1) is 0 Å². The fraction of sp³-hybridized carbons (Fsp3) is 0.412. The zero-order chi connectivity index (χ0) is 14.8. The van der Waals surface area contributed by atoms with E-state index >= 15 is 0 Å². The Morgan fingerprint density at radius 3 is 2.29 bits per heavy atom. The van der Waals surface area contributed by atoms with E-state index in [0.29, 0.717) is 5.82 Å². The van der Waals surface area contributed by atoms with Gasteiger partial charge in [0.1, 0.15) is 17.5 Å². The lowest BCUT2D eigenvalue weighted by molar-refractivity contribution is 0.774. The van der Waals surface area contributed by atoms with Crippen molar-refractivity contribution in [2.24, 2.45) is 0 Å². The quantitative estimate of drug-likeness (QED) is 0.919. The van der Waals surface area contributed by atoms with Gasteiger partial charge in [0.15, 0.2) is 0 Å². The molecule has 0 unspecified atom stereocenters. The Labute approximate surface area is 126 Å². The molecule has 0 radical (unpaired) electrons. The number of fused-ring (bicyclic) bond motifs is 1. The summed E-state index contributed by atoms with van der Waals surface area (Å²) in [5.41, 5.74) is 9.96. The van der Waals surface area contributed by atoms with E-state index in [1.807, 2.05) is 6.92 Å². The molecule has 21 heavy (non-hydrogen) atoms. The number of hydrogen-bond donors (Lipinski definition) is 1. The average molecular weight is 282 g/mol. The maximum atomic E-state index is 6.05. The van der Waals surface area contributed by atoms with Gasteiger partial charge in [-0.3, -0.25) is 0 Å². The predicted molar refractivity (Wildman–Crippen MR) is 86.6 cm³/mol. The van der Waals surface area contributed by atoms with Gasteiger partial charge >= 0.3 is 0 Å². The van der Waals surface area contributed by atoms with Crippen LogP contribution in [0.15, 0.2) is 24.3 Å². The summed E-state index contributed by atoms with van der Waals surface area (Å²) in [6.45, 7) is 6.04. The SMILES string of the molecule is CCc1nc(N)c(C)c(N2CCc3ccccc3CC2)n1. The van der Waals surface area contributed by atoms with Gasteiger partial charge in [0.25, 0.3) is 0 Å². The molecule has 1 aliphatic rings. The number of anilines is 2. The topological polar surface area (TPSA) is 55.0 Å². The highest BCUT2D eigenvalue weighted by Gasteiger charge is 2.18. The summed E-state index contributed by atoms with van der Waals surface area (Å²) in [6, 6.07) is 8.71. The molecule has 0 amide bonds. The van der Waals surface area contributed by atoms with E-state index < -0.39 is 0 Å². The predicted octanol–water partition coefficient (Wildman–Crippen LogP) is 2.53. The third-order valence-electron chi connectivity index (χ3n) is 4.24. The second-order valence-electron chi connectivity index (χ2n) is 5.58. The number of nitrogen functional groups attached to an aromatic ring is 1. The highest BCUT2D eigenvalue weighted by molar-refractivity contribution is 5.57. The first-order valence-electron chi connectivity index (χ1n) is 7.63. The van der Waals surface area contributed by atoms with Crippen LogP contribution in [-0.4, -0.2) is 23.1 Å². The highest BCUT2D eigenvalue weighted by Crippen LogP contribution is 2.25. The molecular formula is C17H22N4. The van der Waals surface area contributed by atoms with Crippen molar-refractivity contribution in [3.8, 4) is 0 Å². The molecule has 1 aromatic heterocycles. The fourth-order valence-corrected chi connectivity index (χ4v) is 2.91. The van der Waals surface area contributed by atoms with Crippen LogP contribution in [-0.2, 0) is 19.3 Å². The van der Waals surface area contributed by atoms with Gasteiger partial charge in [-0.15, -0.1) is 0 Å². The normalized spacial score (nSPS) is 14.7. The summed E-state index contributed by atoms with van der Waals surface area (Å²) >= 11 is 0. The first kappa shape index (κ1) is 13.9. The van der Waals surface area contributed by atoms with Gasteiger partial charge in [-0.25, -0.2) is 9.97 Å². The zero-order valence-corrected chi connectivity index (χ0v) is 12.8. The van der Waals surface area contributed by atoms with Gasteiger partial charge in [-0.05, 0) is 30.9 Å². The molecule has 0 atom stereocenters. The Morgan fingerprint density at radius 2 is 1.71 bits per heavy atom. The van der Waals surface area contributed by atoms with Crippen LogP contribution in [0.3, 0.4) is 0 Å². The van der Waals surface area contributed by atoms with Crippen molar-refractivity contribution in [2.75, 3.05) is 23.7 Å². The van der Waals surface area contributed by atoms with Gasteiger partial charge < -0.3 is 10.6 Å². The number of aromatic nitrogens is 2. The summed E-state index contributed by atoms with van der Waals surface area (Å²) in [7, 11) is 0. The first-order chi connectivity index (χ1) is 10.2. The maximum absolute atomic E-state index is 6.05. The molecule has 0 saturated carbocycles. The summed E-state index contributed by atoms with van der Waals surface area (Å²) in [5.74, 6) is 2.45. The second kappa shape index (κ2) is 5.72. The van der Waals surface area contributed by atoms with Gasteiger partial charge in [-0.1, -0.05) is 31.2 Å². The number of nitrogens with two attached hydrogens (primary N) is 1. The van der Waals surface area contributed by atoms with E-state index in [1.54, 1.807) is 0 Å². The molecule has 1 aromatic carbocycles. The lowest BCUT2D eigenvalue weighted by Gasteiger charge is -2.24. The highest BCUT2D eigenvalue weighted by atomic mass is 15.2. The minimum atomic E-state index is 0.610. The van der Waals surface area contributed by atoms with E-state index in [0.717, 1.165) is 49.6 Å². The van der Waals surface area contributed by atoms with Crippen molar-refractivity contribution in [3.05, 3.63) is 46.8 Å². The molecule has 2 N–H and O–H groups in total. The molecule has 2 heterocycles. The molecule has 0 spiro atoms. The Hall–Kier alpha value is -2.10. The van der Waals surface area contributed by atoms with E-state index in [4.69, 9.17) is 10.7 Å². The Balaban J connectivity index is 1.91. The van der Waals surface area contributed by atoms with Crippen LogP contribution in [0.2, 0.25) is 0 Å². The monoisotopic (exact) mass is 282 g/mol. The van der Waals surface area contributed by atoms with Crippen LogP contribution >= 0.6 is 0 Å². The Kier molecular flexibility index (Phi) is 3.78. The fourth-order valence-electron chi connectivity index (χ4n) is 2.91. The molecule has 110 valence electrons. The number of aryl methyl sites for hydroxylation is 1. The van der Waals surface area contributed by atoms with Crippen molar-refractivity contribution in [2.45, 2.75) is 33.1 Å². The molecular weight excluding hydrogens is 260 g/mol. The van der Waals surface area contributed by atoms with Crippen molar-refractivity contribution in [1.29, 1.82) is 0 Å². The van der Waals surface area contributed by atoms with E-state index in [1.165, 1.54) is 11.1 Å². The summed E-state index contributed by atoms with van der Waals surface area (Å²) in [6.07, 6.45) is 2.92. The molecule has 3 rings (SSSR count). The van der Waals surface area contributed by atoms with Crippen molar-refractivity contribution in [3.63, 3.8) is 0 Å². The summed E-state index contributed by atoms with van der Waals surface area (Å²) in [4.78, 5) is 11.4. The minimum Gasteiger partial charge on any atom is -0.383 e. The van der Waals surface area contributed by atoms with Crippen LogP contribution in [0.25, 0.3) is 0 Å². The maximum Gasteiger partial charge on any atom is 0.137 e. The molecule has 0 saturated heterocycles.